The van der Waals surface area contributed by atoms with Crippen LogP contribution < -0.4 is 0 Å². The largest absolute Gasteiger partial charge is 0.480 e. The zero-order valence-corrected chi connectivity index (χ0v) is 8.72. The Kier molecular flexibility index (Phi) is 2.77. The third-order valence-corrected chi connectivity index (χ3v) is 2.78. The first-order valence-electron chi connectivity index (χ1n) is 5.14. The minimum absolute atomic E-state index is 0.322. The molecular weight excluding hydrogens is 194 g/mol. The summed E-state index contributed by atoms with van der Waals surface area (Å²) < 4.78 is 5.20. The molecule has 0 aliphatic heterocycles. The van der Waals surface area contributed by atoms with Gasteiger partial charge in [-0.3, -0.25) is 9.69 Å². The van der Waals surface area contributed by atoms with Crippen molar-refractivity contribution in [2.45, 2.75) is 25.4 Å². The molecular formula is C11H15NO3. The number of likely N-dealkylation sites (N-methyl/N-ethyl adjacent to an activating group) is 1. The van der Waals surface area contributed by atoms with Gasteiger partial charge in [-0.1, -0.05) is 0 Å². The predicted molar refractivity (Wildman–Crippen MR) is 54.3 cm³/mol. The molecule has 0 spiro atoms. The van der Waals surface area contributed by atoms with Crippen LogP contribution in [0.25, 0.3) is 0 Å². The summed E-state index contributed by atoms with van der Waals surface area (Å²) in [7, 11) is 1.83. The van der Waals surface area contributed by atoms with Crippen molar-refractivity contribution < 1.29 is 14.3 Å². The van der Waals surface area contributed by atoms with Gasteiger partial charge in [-0.05, 0) is 37.9 Å². The Morgan fingerprint density at radius 1 is 1.73 bits per heavy atom. The fourth-order valence-electron chi connectivity index (χ4n) is 1.91. The molecule has 4 nitrogen and oxygen atoms in total. The van der Waals surface area contributed by atoms with Gasteiger partial charge in [-0.15, -0.1) is 0 Å². The number of rotatable bonds is 5. The van der Waals surface area contributed by atoms with Gasteiger partial charge >= 0.3 is 5.97 Å². The Hall–Kier alpha value is -1.29. The number of hydrogen-bond donors (Lipinski definition) is 1. The summed E-state index contributed by atoms with van der Waals surface area (Å²) >= 11 is 0. The van der Waals surface area contributed by atoms with Crippen molar-refractivity contribution in [2.75, 3.05) is 7.05 Å². The molecule has 1 aliphatic carbocycles. The summed E-state index contributed by atoms with van der Waals surface area (Å²) in [4.78, 5) is 12.9. The van der Waals surface area contributed by atoms with Crippen LogP contribution in [-0.2, 0) is 11.3 Å². The van der Waals surface area contributed by atoms with Gasteiger partial charge in [0, 0.05) is 0 Å². The van der Waals surface area contributed by atoms with Crippen LogP contribution in [0.3, 0.4) is 0 Å². The highest BCUT2D eigenvalue weighted by Crippen LogP contribution is 2.35. The van der Waals surface area contributed by atoms with Gasteiger partial charge in [-0.25, -0.2) is 0 Å². The third-order valence-electron chi connectivity index (χ3n) is 2.78. The van der Waals surface area contributed by atoms with E-state index in [1.165, 1.54) is 0 Å². The van der Waals surface area contributed by atoms with E-state index in [0.29, 0.717) is 12.5 Å². The Morgan fingerprint density at radius 2 is 2.47 bits per heavy atom. The third kappa shape index (κ3) is 2.39. The number of nitrogens with zero attached hydrogens (tertiary/aromatic N) is 1. The minimum Gasteiger partial charge on any atom is -0.480 e. The van der Waals surface area contributed by atoms with Crippen molar-refractivity contribution in [1.29, 1.82) is 0 Å². The second-order valence-electron chi connectivity index (χ2n) is 4.11. The van der Waals surface area contributed by atoms with E-state index >= 15 is 0 Å². The normalized spacial score (nSPS) is 18.0. The average molecular weight is 209 g/mol. The molecule has 4 heteroatoms. The smallest absolute Gasteiger partial charge is 0.321 e. The summed E-state index contributed by atoms with van der Waals surface area (Å²) in [6, 6.07) is 3.31. The summed E-state index contributed by atoms with van der Waals surface area (Å²) in [5.74, 6) is 0.401. The first-order valence-corrected chi connectivity index (χ1v) is 5.14. The number of aliphatic carboxylic acids is 1. The number of carbonyl (C=O) groups is 1. The van der Waals surface area contributed by atoms with Crippen LogP contribution in [0, 0.1) is 5.92 Å². The monoisotopic (exact) mass is 209 g/mol. The van der Waals surface area contributed by atoms with Crippen molar-refractivity contribution >= 4 is 5.97 Å². The Bertz CT molecular complexity index is 330. The molecule has 1 saturated carbocycles. The van der Waals surface area contributed by atoms with Gasteiger partial charge in [0.25, 0.3) is 0 Å². The lowest BCUT2D eigenvalue weighted by Crippen LogP contribution is -2.39. The Labute approximate surface area is 88.5 Å². The highest BCUT2D eigenvalue weighted by molar-refractivity contribution is 5.74. The predicted octanol–water partition coefficient (Wildman–Crippen LogP) is 1.57. The van der Waals surface area contributed by atoms with Crippen LogP contribution in [0.1, 0.15) is 18.6 Å². The molecule has 1 aliphatic rings. The number of carboxylic acid groups (broad SMARTS) is 1. The van der Waals surface area contributed by atoms with E-state index in [0.717, 1.165) is 18.6 Å². The van der Waals surface area contributed by atoms with E-state index in [-0.39, 0.29) is 6.04 Å². The molecule has 1 heterocycles. The lowest BCUT2D eigenvalue weighted by molar-refractivity contribution is -0.143. The Balaban J connectivity index is 1.98. The van der Waals surface area contributed by atoms with E-state index in [9.17, 15) is 4.79 Å². The zero-order chi connectivity index (χ0) is 10.8. The second-order valence-corrected chi connectivity index (χ2v) is 4.11. The van der Waals surface area contributed by atoms with Crippen molar-refractivity contribution in [2.24, 2.45) is 5.92 Å². The summed E-state index contributed by atoms with van der Waals surface area (Å²) in [6.07, 6.45) is 3.66. The van der Waals surface area contributed by atoms with Gasteiger partial charge in [0.2, 0.25) is 0 Å². The second kappa shape index (κ2) is 4.06. The molecule has 0 radical (unpaired) electrons. The molecule has 1 unspecified atom stereocenters. The molecule has 0 aromatic carbocycles. The highest BCUT2D eigenvalue weighted by Gasteiger charge is 2.38. The molecule has 1 aromatic heterocycles. The molecule has 0 amide bonds. The average Bonchev–Trinajstić information content (AvgIpc) is 2.83. The maximum absolute atomic E-state index is 11.1. The zero-order valence-electron chi connectivity index (χ0n) is 8.72. The molecule has 15 heavy (non-hydrogen) atoms. The molecule has 1 N–H and O–H groups in total. The SMILES string of the molecule is CN(Cc1ccco1)C(C(=O)O)C1CC1. The molecule has 1 aromatic rings. The van der Waals surface area contributed by atoms with E-state index in [4.69, 9.17) is 9.52 Å². The molecule has 2 rings (SSSR count). The molecule has 1 fully saturated rings. The summed E-state index contributed by atoms with van der Waals surface area (Å²) in [5.41, 5.74) is 0. The summed E-state index contributed by atoms with van der Waals surface area (Å²) in [6.45, 7) is 0.556. The molecule has 0 saturated heterocycles. The van der Waals surface area contributed by atoms with Gasteiger partial charge in [0.05, 0.1) is 12.8 Å². The lowest BCUT2D eigenvalue weighted by Gasteiger charge is -2.23. The fourth-order valence-corrected chi connectivity index (χ4v) is 1.91. The lowest BCUT2D eigenvalue weighted by atomic mass is 10.1. The number of carboxylic acids is 1. The van der Waals surface area contributed by atoms with Gasteiger partial charge in [0.1, 0.15) is 11.8 Å². The van der Waals surface area contributed by atoms with Crippen molar-refractivity contribution in [3.8, 4) is 0 Å². The highest BCUT2D eigenvalue weighted by atomic mass is 16.4. The first kappa shape index (κ1) is 10.2. The summed E-state index contributed by atoms with van der Waals surface area (Å²) in [5, 5.41) is 9.11. The van der Waals surface area contributed by atoms with Crippen molar-refractivity contribution in [3.05, 3.63) is 24.2 Å². The van der Waals surface area contributed by atoms with E-state index in [2.05, 4.69) is 0 Å². The maximum atomic E-state index is 11.1. The van der Waals surface area contributed by atoms with E-state index in [1.54, 1.807) is 6.26 Å². The fraction of sp³-hybridized carbons (Fsp3) is 0.545. The van der Waals surface area contributed by atoms with Crippen molar-refractivity contribution in [1.82, 2.24) is 4.90 Å². The van der Waals surface area contributed by atoms with E-state index in [1.807, 2.05) is 24.1 Å². The first-order chi connectivity index (χ1) is 7.18. The molecule has 82 valence electrons. The van der Waals surface area contributed by atoms with E-state index < -0.39 is 5.97 Å². The van der Waals surface area contributed by atoms with Crippen LogP contribution in [0.4, 0.5) is 0 Å². The quantitative estimate of drug-likeness (QED) is 0.799. The number of hydrogen-bond acceptors (Lipinski definition) is 3. The van der Waals surface area contributed by atoms with Crippen LogP contribution in [-0.4, -0.2) is 29.1 Å². The Morgan fingerprint density at radius 3 is 2.93 bits per heavy atom. The molecule has 0 bridgehead atoms. The van der Waals surface area contributed by atoms with Crippen molar-refractivity contribution in [3.63, 3.8) is 0 Å². The number of furan rings is 1. The van der Waals surface area contributed by atoms with Crippen LogP contribution in [0.2, 0.25) is 0 Å². The van der Waals surface area contributed by atoms with Gasteiger partial charge < -0.3 is 9.52 Å². The standard InChI is InChI=1S/C11H15NO3/c1-12(7-9-3-2-6-15-9)10(11(13)14)8-4-5-8/h2-3,6,8,10H,4-5,7H2,1H3,(H,13,14). The van der Waals surface area contributed by atoms with Gasteiger partial charge in [-0.2, -0.15) is 0 Å². The van der Waals surface area contributed by atoms with Gasteiger partial charge in [0.15, 0.2) is 0 Å². The topological polar surface area (TPSA) is 53.7 Å². The van der Waals surface area contributed by atoms with Crippen LogP contribution in [0.15, 0.2) is 22.8 Å². The molecule has 1 atom stereocenters. The maximum Gasteiger partial charge on any atom is 0.321 e. The minimum atomic E-state index is -0.730. The van der Waals surface area contributed by atoms with Crippen LogP contribution >= 0.6 is 0 Å². The van der Waals surface area contributed by atoms with Crippen LogP contribution in [0.5, 0.6) is 0 Å².